The van der Waals surface area contributed by atoms with E-state index in [1.165, 1.54) is 19.4 Å². The van der Waals surface area contributed by atoms with Crippen LogP contribution in [-0.4, -0.2) is 48.4 Å². The second-order valence-electron chi connectivity index (χ2n) is 4.53. The van der Waals surface area contributed by atoms with E-state index >= 15 is 0 Å². The number of nitrogens with zero attached hydrogens (tertiary/aromatic N) is 1. The van der Waals surface area contributed by atoms with Crippen LogP contribution in [0.3, 0.4) is 0 Å². The van der Waals surface area contributed by atoms with Gasteiger partial charge in [0.25, 0.3) is 0 Å². The molecule has 0 saturated heterocycles. The fourth-order valence-electron chi connectivity index (χ4n) is 1.67. The highest BCUT2D eigenvalue weighted by Crippen LogP contribution is 2.23. The molecule has 0 amide bonds. The molecule has 8 nitrogen and oxygen atoms in total. The Morgan fingerprint density at radius 3 is 2.71 bits per heavy atom. The van der Waals surface area contributed by atoms with Gasteiger partial charge in [-0.05, 0) is 49.7 Å². The average molecular weight is 336 g/mol. The first-order chi connectivity index (χ1) is 11.5. The molecular formula is C16H24N4O4. The van der Waals surface area contributed by atoms with Gasteiger partial charge >= 0.3 is 5.97 Å². The lowest BCUT2D eigenvalue weighted by Crippen LogP contribution is -2.19. The monoisotopic (exact) mass is 336 g/mol. The second-order valence-corrected chi connectivity index (χ2v) is 4.53. The second kappa shape index (κ2) is 12.7. The molecule has 0 spiro atoms. The van der Waals surface area contributed by atoms with E-state index in [1.807, 2.05) is 0 Å². The van der Waals surface area contributed by atoms with Gasteiger partial charge in [-0.1, -0.05) is 0 Å². The minimum atomic E-state index is -0.975. The van der Waals surface area contributed by atoms with Crippen molar-refractivity contribution in [2.75, 3.05) is 13.7 Å². The molecule has 0 heterocycles. The van der Waals surface area contributed by atoms with Gasteiger partial charge in [-0.2, -0.15) is 0 Å². The maximum absolute atomic E-state index is 11.0. The van der Waals surface area contributed by atoms with Crippen LogP contribution in [0, 0.1) is 5.41 Å². The van der Waals surface area contributed by atoms with E-state index in [0.29, 0.717) is 30.7 Å². The Hall–Kier alpha value is -2.87. The zero-order valence-corrected chi connectivity index (χ0v) is 13.6. The van der Waals surface area contributed by atoms with Crippen LogP contribution in [0.5, 0.6) is 11.5 Å². The van der Waals surface area contributed by atoms with Gasteiger partial charge in [-0.25, -0.2) is 4.79 Å². The van der Waals surface area contributed by atoms with Gasteiger partial charge in [0.2, 0.25) is 0 Å². The Kier molecular flexibility index (Phi) is 11.1. The lowest BCUT2D eigenvalue weighted by molar-refractivity contribution is -0.138. The number of allylic oxidation sites excluding steroid dienone is 1. The first-order valence-corrected chi connectivity index (χ1v) is 7.20. The van der Waals surface area contributed by atoms with E-state index < -0.39 is 12.0 Å². The molecule has 0 aliphatic rings. The number of rotatable bonds is 8. The number of benzene rings is 1. The molecule has 1 aromatic rings. The zero-order valence-electron chi connectivity index (χ0n) is 13.6. The number of nitrogens with one attached hydrogen (secondary N) is 1. The van der Waals surface area contributed by atoms with Gasteiger partial charge < -0.3 is 26.4 Å². The molecule has 1 unspecified atom stereocenters. The summed E-state index contributed by atoms with van der Waals surface area (Å²) in [6.07, 6.45) is 6.37. The molecule has 1 atom stereocenters. The maximum Gasteiger partial charge on any atom is 0.328 e. The van der Waals surface area contributed by atoms with Crippen molar-refractivity contribution in [2.24, 2.45) is 16.5 Å². The highest BCUT2D eigenvalue weighted by molar-refractivity contribution is 5.82. The van der Waals surface area contributed by atoms with E-state index in [2.05, 4.69) is 10.7 Å². The summed E-state index contributed by atoms with van der Waals surface area (Å²) in [5, 5.41) is 24.5. The third-order valence-electron chi connectivity index (χ3n) is 2.83. The molecule has 24 heavy (non-hydrogen) atoms. The Balaban J connectivity index is 0.00000163. The van der Waals surface area contributed by atoms with Crippen LogP contribution in [-0.2, 0) is 4.79 Å². The van der Waals surface area contributed by atoms with Crippen molar-refractivity contribution in [3.63, 3.8) is 0 Å². The number of phenolic OH excluding ortho intramolecular Hbond substituents is 1. The summed E-state index contributed by atoms with van der Waals surface area (Å²) in [6, 6.07) is 4.05. The number of hydrogen-bond donors (Lipinski definition) is 5. The molecule has 0 radical (unpaired) electrons. The van der Waals surface area contributed by atoms with Crippen LogP contribution in [0.4, 0.5) is 0 Å². The highest BCUT2D eigenvalue weighted by atomic mass is 16.5. The number of phenols is 1. The van der Waals surface area contributed by atoms with E-state index in [-0.39, 0.29) is 5.75 Å². The van der Waals surface area contributed by atoms with Crippen molar-refractivity contribution >= 4 is 24.6 Å². The number of nitrogens with two attached hydrogens (primary N) is 2. The number of carbonyl (C=O) groups is 1. The number of carboxylic acid groups (broad SMARTS) is 1. The fraction of sp³-hybridized carbons (Fsp3) is 0.312. The van der Waals surface area contributed by atoms with Crippen molar-refractivity contribution in [2.45, 2.75) is 18.9 Å². The molecule has 8 heteroatoms. The molecule has 0 aliphatic carbocycles. The normalized spacial score (nSPS) is 11.8. The molecular weight excluding hydrogens is 312 g/mol. The minimum absolute atomic E-state index is 0.110. The highest BCUT2D eigenvalue weighted by Gasteiger charge is 2.13. The number of carboxylic acids is 1. The third-order valence-corrected chi connectivity index (χ3v) is 2.83. The average Bonchev–Trinajstić information content (AvgIpc) is 2.56. The summed E-state index contributed by atoms with van der Waals surface area (Å²) < 4.78 is 5.06. The molecule has 0 fully saturated rings. The lowest BCUT2D eigenvalue weighted by atomic mass is 10.1. The summed E-state index contributed by atoms with van der Waals surface area (Å²) in [5.74, 6) is -0.244. The number of aliphatic carboxylic acids is 1. The predicted molar refractivity (Wildman–Crippen MR) is 94.9 cm³/mol. The van der Waals surface area contributed by atoms with Gasteiger partial charge in [0.1, 0.15) is 17.5 Å². The molecule has 132 valence electrons. The Labute approximate surface area is 141 Å². The van der Waals surface area contributed by atoms with E-state index in [0.717, 1.165) is 6.34 Å². The van der Waals surface area contributed by atoms with Gasteiger partial charge in [0, 0.05) is 11.8 Å². The van der Waals surface area contributed by atoms with E-state index in [1.54, 1.807) is 24.3 Å². The topological polar surface area (TPSA) is 155 Å². The molecule has 7 N–H and O–H groups in total. The minimum Gasteiger partial charge on any atom is -0.507 e. The van der Waals surface area contributed by atoms with Crippen molar-refractivity contribution < 1.29 is 19.7 Å². The summed E-state index contributed by atoms with van der Waals surface area (Å²) in [7, 11) is 1.54. The van der Waals surface area contributed by atoms with Crippen LogP contribution >= 0.6 is 0 Å². The summed E-state index contributed by atoms with van der Waals surface area (Å²) in [6.45, 7) is 0.437. The molecule has 0 aromatic heterocycles. The van der Waals surface area contributed by atoms with Crippen LogP contribution < -0.4 is 16.2 Å². The van der Waals surface area contributed by atoms with Crippen molar-refractivity contribution in [1.29, 1.82) is 5.41 Å². The molecule has 1 aromatic carbocycles. The smallest absolute Gasteiger partial charge is 0.328 e. The van der Waals surface area contributed by atoms with Crippen LogP contribution in [0.15, 0.2) is 29.3 Å². The van der Waals surface area contributed by atoms with Crippen molar-refractivity contribution in [3.05, 3.63) is 29.8 Å². The molecule has 0 saturated carbocycles. The van der Waals surface area contributed by atoms with E-state index in [4.69, 9.17) is 21.0 Å². The number of methoxy groups -OCH3 is 1. The van der Waals surface area contributed by atoms with Crippen molar-refractivity contribution in [3.8, 4) is 11.5 Å². The SMILES string of the molecule is COc1ccc(O)c(/C=C/C=NC(CCCN)C(=O)O)c1.N=CN. The predicted octanol–water partition coefficient (Wildman–Crippen LogP) is 1.23. The zero-order chi connectivity index (χ0) is 18.4. The number of aliphatic imine (C=N–C) groups is 1. The lowest BCUT2D eigenvalue weighted by Gasteiger charge is -2.05. The Morgan fingerprint density at radius 1 is 1.50 bits per heavy atom. The van der Waals surface area contributed by atoms with Crippen LogP contribution in [0.2, 0.25) is 0 Å². The van der Waals surface area contributed by atoms with Gasteiger partial charge in [-0.15, -0.1) is 0 Å². The third kappa shape index (κ3) is 8.54. The van der Waals surface area contributed by atoms with Gasteiger partial charge in [-0.3, -0.25) is 10.4 Å². The number of ether oxygens (including phenoxy) is 1. The molecule has 0 aliphatic heterocycles. The van der Waals surface area contributed by atoms with Crippen molar-refractivity contribution in [1.82, 2.24) is 0 Å². The molecule has 1 rings (SSSR count). The largest absolute Gasteiger partial charge is 0.507 e. The van der Waals surface area contributed by atoms with Gasteiger partial charge in [0.15, 0.2) is 0 Å². The van der Waals surface area contributed by atoms with Crippen LogP contribution in [0.25, 0.3) is 6.08 Å². The quantitative estimate of drug-likeness (QED) is 0.355. The van der Waals surface area contributed by atoms with Crippen LogP contribution in [0.1, 0.15) is 18.4 Å². The molecule has 0 bridgehead atoms. The summed E-state index contributed by atoms with van der Waals surface area (Å²) in [5.41, 5.74) is 10.3. The summed E-state index contributed by atoms with van der Waals surface area (Å²) >= 11 is 0. The number of aromatic hydroxyl groups is 1. The first kappa shape index (κ1) is 21.1. The number of hydrogen-bond acceptors (Lipinski definition) is 6. The standard InChI is InChI=1S/C15H20N2O4.CH4N2/c1-21-12-6-7-14(18)11(10-12)4-3-9-17-13(15(19)20)5-2-8-16;2-1-3/h3-4,6-7,9-10,13,18H,2,5,8,16H2,1H3,(H,19,20);1H,(H3,2,3)/b4-3+,17-9?;. The summed E-state index contributed by atoms with van der Waals surface area (Å²) in [4.78, 5) is 14.9. The van der Waals surface area contributed by atoms with E-state index in [9.17, 15) is 9.90 Å². The fourth-order valence-corrected chi connectivity index (χ4v) is 1.67. The Bertz CT molecular complexity index is 573. The Morgan fingerprint density at radius 2 is 2.17 bits per heavy atom. The van der Waals surface area contributed by atoms with Gasteiger partial charge in [0.05, 0.1) is 13.4 Å². The maximum atomic E-state index is 11.0. The first-order valence-electron chi connectivity index (χ1n) is 7.20.